The number of nitrogens with one attached hydrogen (secondary N) is 1. The SMILES string of the molecule is C[C@@H](O)[C@H](CO)NCc1ccnc(-c2ccc(C(F)(F)F)cc2)n1. The van der Waals surface area contributed by atoms with E-state index in [0.29, 0.717) is 17.1 Å². The van der Waals surface area contributed by atoms with Crippen LogP contribution in [0.4, 0.5) is 13.2 Å². The van der Waals surface area contributed by atoms with Crippen molar-refractivity contribution in [3.05, 3.63) is 47.8 Å². The number of hydrogen-bond donors (Lipinski definition) is 3. The molecule has 0 saturated carbocycles. The maximum Gasteiger partial charge on any atom is 0.416 e. The van der Waals surface area contributed by atoms with Crippen LogP contribution in [0.15, 0.2) is 36.5 Å². The van der Waals surface area contributed by atoms with Crippen LogP contribution in [0.1, 0.15) is 18.2 Å². The van der Waals surface area contributed by atoms with Gasteiger partial charge in [-0.2, -0.15) is 13.2 Å². The van der Waals surface area contributed by atoms with E-state index in [-0.39, 0.29) is 13.2 Å². The highest BCUT2D eigenvalue weighted by atomic mass is 19.4. The summed E-state index contributed by atoms with van der Waals surface area (Å²) in [5.74, 6) is 0.306. The first kappa shape index (κ1) is 18.3. The molecule has 0 aliphatic rings. The number of aliphatic hydroxyl groups is 2. The zero-order valence-corrected chi connectivity index (χ0v) is 13.0. The fourth-order valence-electron chi connectivity index (χ4n) is 2.07. The molecule has 0 aliphatic carbocycles. The molecule has 0 saturated heterocycles. The fraction of sp³-hybridized carbons (Fsp3) is 0.375. The summed E-state index contributed by atoms with van der Waals surface area (Å²) in [4.78, 5) is 8.35. The van der Waals surface area contributed by atoms with Gasteiger partial charge in [-0.1, -0.05) is 12.1 Å². The molecule has 24 heavy (non-hydrogen) atoms. The molecule has 2 aromatic rings. The lowest BCUT2D eigenvalue weighted by Gasteiger charge is -2.18. The van der Waals surface area contributed by atoms with Crippen molar-refractivity contribution in [1.82, 2.24) is 15.3 Å². The van der Waals surface area contributed by atoms with Crippen molar-refractivity contribution in [2.24, 2.45) is 0 Å². The minimum Gasteiger partial charge on any atom is -0.395 e. The Balaban J connectivity index is 2.12. The standard InChI is InChI=1S/C16H18F3N3O2/c1-10(24)14(9-23)21-8-13-6-7-20-15(22-13)11-2-4-12(5-3-11)16(17,18)19/h2-7,10,14,21,23-24H,8-9H2,1H3/t10-,14+/m1/s1. The summed E-state index contributed by atoms with van der Waals surface area (Å²) in [5, 5.41) is 21.6. The highest BCUT2D eigenvalue weighted by Crippen LogP contribution is 2.30. The molecular weight excluding hydrogens is 323 g/mol. The Bertz CT molecular complexity index is 660. The summed E-state index contributed by atoms with van der Waals surface area (Å²) in [5.41, 5.74) is 0.338. The van der Waals surface area contributed by atoms with Gasteiger partial charge in [0, 0.05) is 18.3 Å². The van der Waals surface area contributed by atoms with E-state index in [1.54, 1.807) is 13.0 Å². The third-order valence-corrected chi connectivity index (χ3v) is 3.51. The van der Waals surface area contributed by atoms with Gasteiger partial charge in [0.1, 0.15) is 0 Å². The van der Waals surface area contributed by atoms with Gasteiger partial charge in [-0.25, -0.2) is 9.97 Å². The Morgan fingerprint density at radius 3 is 2.38 bits per heavy atom. The maximum atomic E-state index is 12.6. The summed E-state index contributed by atoms with van der Waals surface area (Å²) in [6, 6.07) is 5.77. The molecule has 130 valence electrons. The molecule has 0 bridgehead atoms. The molecule has 2 atom stereocenters. The lowest BCUT2D eigenvalue weighted by molar-refractivity contribution is -0.137. The zero-order chi connectivity index (χ0) is 17.7. The van der Waals surface area contributed by atoms with E-state index in [1.807, 2.05) is 0 Å². The van der Waals surface area contributed by atoms with Crippen LogP contribution in [0.2, 0.25) is 0 Å². The second-order valence-corrected chi connectivity index (χ2v) is 5.36. The van der Waals surface area contributed by atoms with E-state index in [0.717, 1.165) is 12.1 Å². The van der Waals surface area contributed by atoms with Crippen LogP contribution in [0, 0.1) is 0 Å². The smallest absolute Gasteiger partial charge is 0.395 e. The summed E-state index contributed by atoms with van der Waals surface area (Å²) >= 11 is 0. The van der Waals surface area contributed by atoms with E-state index in [4.69, 9.17) is 5.11 Å². The number of rotatable bonds is 6. The first-order chi connectivity index (χ1) is 11.3. The number of halogens is 3. The normalized spacial score (nSPS) is 14.4. The first-order valence-corrected chi connectivity index (χ1v) is 7.33. The van der Waals surface area contributed by atoms with E-state index >= 15 is 0 Å². The van der Waals surface area contributed by atoms with Crippen LogP contribution in [-0.4, -0.2) is 38.9 Å². The van der Waals surface area contributed by atoms with Crippen LogP contribution >= 0.6 is 0 Å². The third kappa shape index (κ3) is 4.73. The lowest BCUT2D eigenvalue weighted by Crippen LogP contribution is -2.40. The second kappa shape index (κ2) is 7.69. The molecule has 3 N–H and O–H groups in total. The highest BCUT2D eigenvalue weighted by molar-refractivity contribution is 5.55. The quantitative estimate of drug-likeness (QED) is 0.749. The molecule has 0 radical (unpaired) electrons. The average molecular weight is 341 g/mol. The van der Waals surface area contributed by atoms with Crippen molar-refractivity contribution >= 4 is 0 Å². The molecule has 0 amide bonds. The maximum absolute atomic E-state index is 12.6. The molecule has 1 heterocycles. The highest BCUT2D eigenvalue weighted by Gasteiger charge is 2.30. The molecule has 0 aliphatic heterocycles. The van der Waals surface area contributed by atoms with Crippen LogP contribution in [0.3, 0.4) is 0 Å². The van der Waals surface area contributed by atoms with Crippen molar-refractivity contribution in [2.75, 3.05) is 6.61 Å². The summed E-state index contributed by atoms with van der Waals surface area (Å²) < 4.78 is 37.7. The summed E-state index contributed by atoms with van der Waals surface area (Å²) in [6.07, 6.45) is -3.61. The van der Waals surface area contributed by atoms with Gasteiger partial charge in [0.25, 0.3) is 0 Å². The molecule has 0 spiro atoms. The van der Waals surface area contributed by atoms with Crippen molar-refractivity contribution in [3.63, 3.8) is 0 Å². The van der Waals surface area contributed by atoms with Gasteiger partial charge in [0.15, 0.2) is 5.82 Å². The largest absolute Gasteiger partial charge is 0.416 e. The Morgan fingerprint density at radius 2 is 1.83 bits per heavy atom. The van der Waals surface area contributed by atoms with Crippen LogP contribution in [0.5, 0.6) is 0 Å². The summed E-state index contributed by atoms with van der Waals surface area (Å²) in [6.45, 7) is 1.61. The minimum absolute atomic E-state index is 0.228. The zero-order valence-electron chi connectivity index (χ0n) is 13.0. The Labute approximate surface area is 137 Å². The molecule has 5 nitrogen and oxygen atoms in total. The lowest BCUT2D eigenvalue weighted by atomic mass is 10.1. The first-order valence-electron chi connectivity index (χ1n) is 7.33. The van der Waals surface area contributed by atoms with Gasteiger partial charge in [0.05, 0.1) is 30.0 Å². The van der Waals surface area contributed by atoms with E-state index in [1.165, 1.54) is 18.3 Å². The molecule has 0 fully saturated rings. The Kier molecular flexibility index (Phi) is 5.87. The molecule has 8 heteroatoms. The van der Waals surface area contributed by atoms with Gasteiger partial charge in [-0.05, 0) is 25.1 Å². The Morgan fingerprint density at radius 1 is 1.17 bits per heavy atom. The van der Waals surface area contributed by atoms with Crippen molar-refractivity contribution in [2.45, 2.75) is 31.8 Å². The van der Waals surface area contributed by atoms with Crippen LogP contribution < -0.4 is 5.32 Å². The molecule has 1 aromatic heterocycles. The van der Waals surface area contributed by atoms with Gasteiger partial charge in [0.2, 0.25) is 0 Å². The van der Waals surface area contributed by atoms with Crippen molar-refractivity contribution < 1.29 is 23.4 Å². The predicted octanol–water partition coefficient (Wildman–Crippen LogP) is 1.99. The van der Waals surface area contributed by atoms with Gasteiger partial charge in [-0.3, -0.25) is 0 Å². The van der Waals surface area contributed by atoms with Crippen molar-refractivity contribution in [1.29, 1.82) is 0 Å². The van der Waals surface area contributed by atoms with Crippen molar-refractivity contribution in [3.8, 4) is 11.4 Å². The molecular formula is C16H18F3N3O2. The predicted molar refractivity (Wildman–Crippen MR) is 81.9 cm³/mol. The van der Waals surface area contributed by atoms with E-state index < -0.39 is 23.9 Å². The number of aromatic nitrogens is 2. The summed E-state index contributed by atoms with van der Waals surface area (Å²) in [7, 11) is 0. The van der Waals surface area contributed by atoms with Gasteiger partial charge in [-0.15, -0.1) is 0 Å². The third-order valence-electron chi connectivity index (χ3n) is 3.51. The Hall–Kier alpha value is -2.03. The second-order valence-electron chi connectivity index (χ2n) is 5.36. The van der Waals surface area contributed by atoms with Crippen LogP contribution in [-0.2, 0) is 12.7 Å². The van der Waals surface area contributed by atoms with E-state index in [9.17, 15) is 18.3 Å². The van der Waals surface area contributed by atoms with Gasteiger partial charge < -0.3 is 15.5 Å². The number of aliphatic hydroxyl groups excluding tert-OH is 2. The monoisotopic (exact) mass is 341 g/mol. The molecule has 1 aromatic carbocycles. The average Bonchev–Trinajstić information content (AvgIpc) is 2.55. The minimum atomic E-state index is -4.38. The number of alkyl halides is 3. The molecule has 0 unspecified atom stereocenters. The van der Waals surface area contributed by atoms with E-state index in [2.05, 4.69) is 15.3 Å². The topological polar surface area (TPSA) is 78.3 Å². The molecule has 2 rings (SSSR count). The fourth-order valence-corrected chi connectivity index (χ4v) is 2.07. The number of nitrogens with zero attached hydrogens (tertiary/aromatic N) is 2. The van der Waals surface area contributed by atoms with Gasteiger partial charge >= 0.3 is 6.18 Å². The number of hydrogen-bond acceptors (Lipinski definition) is 5. The van der Waals surface area contributed by atoms with Crippen LogP contribution in [0.25, 0.3) is 11.4 Å². The number of benzene rings is 1.